The summed E-state index contributed by atoms with van der Waals surface area (Å²) < 4.78 is 5.54. The summed E-state index contributed by atoms with van der Waals surface area (Å²) in [6.45, 7) is 1.97. The fourth-order valence-corrected chi connectivity index (χ4v) is 2.82. The van der Waals surface area contributed by atoms with Gasteiger partial charge in [0, 0.05) is 5.39 Å². The molecule has 1 aliphatic carbocycles. The molecule has 0 atom stereocenters. The standard InChI is InChI=1S/C16H17NO4/c1-10-3-4-12-11(7-10)8-13(21-12)15(20)17-16(5-2-6-16)9-14(18)19/h3-4,7-8H,2,5-6,9H2,1H3,(H,17,20)(H,18,19). The number of hydrogen-bond donors (Lipinski definition) is 2. The minimum absolute atomic E-state index is 0.0436. The number of carboxylic acid groups (broad SMARTS) is 1. The Labute approximate surface area is 121 Å². The smallest absolute Gasteiger partial charge is 0.305 e. The second kappa shape index (κ2) is 4.91. The maximum Gasteiger partial charge on any atom is 0.305 e. The number of amides is 1. The lowest BCUT2D eigenvalue weighted by Gasteiger charge is -2.41. The Bertz CT molecular complexity index is 712. The number of rotatable bonds is 4. The molecule has 1 aromatic heterocycles. The molecule has 5 heteroatoms. The van der Waals surface area contributed by atoms with Gasteiger partial charge in [-0.15, -0.1) is 0 Å². The van der Waals surface area contributed by atoms with E-state index in [1.165, 1.54) is 0 Å². The van der Waals surface area contributed by atoms with E-state index in [0.717, 1.165) is 17.4 Å². The number of benzene rings is 1. The van der Waals surface area contributed by atoms with Crippen molar-refractivity contribution >= 4 is 22.8 Å². The molecule has 1 fully saturated rings. The maximum atomic E-state index is 12.3. The summed E-state index contributed by atoms with van der Waals surface area (Å²) in [5, 5.41) is 12.7. The van der Waals surface area contributed by atoms with Crippen molar-refractivity contribution in [2.45, 2.75) is 38.1 Å². The molecule has 0 saturated heterocycles. The predicted octanol–water partition coefficient (Wildman–Crippen LogP) is 2.87. The Morgan fingerprint density at radius 2 is 2.10 bits per heavy atom. The fraction of sp³-hybridized carbons (Fsp3) is 0.375. The van der Waals surface area contributed by atoms with Gasteiger partial charge in [-0.2, -0.15) is 0 Å². The van der Waals surface area contributed by atoms with Gasteiger partial charge in [-0.05, 0) is 44.4 Å². The zero-order valence-corrected chi connectivity index (χ0v) is 11.8. The lowest BCUT2D eigenvalue weighted by Crippen LogP contribution is -2.54. The topological polar surface area (TPSA) is 79.5 Å². The summed E-state index contributed by atoms with van der Waals surface area (Å²) in [4.78, 5) is 23.2. The van der Waals surface area contributed by atoms with Crippen molar-refractivity contribution in [3.8, 4) is 0 Å². The third-order valence-corrected chi connectivity index (χ3v) is 4.07. The third-order valence-electron chi connectivity index (χ3n) is 4.07. The Hall–Kier alpha value is -2.30. The highest BCUT2D eigenvalue weighted by molar-refractivity contribution is 5.96. The van der Waals surface area contributed by atoms with Crippen LogP contribution in [-0.2, 0) is 4.79 Å². The minimum Gasteiger partial charge on any atom is -0.481 e. The van der Waals surface area contributed by atoms with E-state index >= 15 is 0 Å². The van der Waals surface area contributed by atoms with Crippen LogP contribution < -0.4 is 5.32 Å². The van der Waals surface area contributed by atoms with Gasteiger partial charge in [-0.3, -0.25) is 9.59 Å². The van der Waals surface area contributed by atoms with Crippen LogP contribution in [0.5, 0.6) is 0 Å². The van der Waals surface area contributed by atoms with Crippen molar-refractivity contribution in [2.75, 3.05) is 0 Å². The molecule has 2 aromatic rings. The van der Waals surface area contributed by atoms with E-state index in [2.05, 4.69) is 5.32 Å². The normalized spacial score (nSPS) is 16.4. The number of nitrogens with one attached hydrogen (secondary N) is 1. The summed E-state index contributed by atoms with van der Waals surface area (Å²) in [7, 11) is 0. The molecule has 1 heterocycles. The predicted molar refractivity (Wildman–Crippen MR) is 77.3 cm³/mol. The Kier molecular flexibility index (Phi) is 3.20. The number of aliphatic carboxylic acids is 1. The van der Waals surface area contributed by atoms with Crippen LogP contribution in [-0.4, -0.2) is 22.5 Å². The van der Waals surface area contributed by atoms with Crippen LogP contribution in [0, 0.1) is 6.92 Å². The zero-order valence-electron chi connectivity index (χ0n) is 11.8. The minimum atomic E-state index is -0.893. The molecular formula is C16H17NO4. The Balaban J connectivity index is 1.81. The molecule has 0 unspecified atom stereocenters. The second-order valence-electron chi connectivity index (χ2n) is 5.81. The van der Waals surface area contributed by atoms with Gasteiger partial charge in [0.25, 0.3) is 5.91 Å². The molecule has 1 aliphatic rings. The van der Waals surface area contributed by atoms with Crippen LogP contribution in [0.15, 0.2) is 28.7 Å². The van der Waals surface area contributed by atoms with Gasteiger partial charge in [0.2, 0.25) is 0 Å². The quantitative estimate of drug-likeness (QED) is 0.906. The number of fused-ring (bicyclic) bond motifs is 1. The first-order valence-electron chi connectivity index (χ1n) is 7.02. The van der Waals surface area contributed by atoms with Gasteiger partial charge in [0.05, 0.1) is 12.0 Å². The average molecular weight is 287 g/mol. The van der Waals surface area contributed by atoms with Gasteiger partial charge in [0.1, 0.15) is 5.58 Å². The lowest BCUT2D eigenvalue weighted by atomic mass is 9.74. The number of carbonyl (C=O) groups excluding carboxylic acids is 1. The molecule has 5 nitrogen and oxygen atoms in total. The molecule has 1 aromatic carbocycles. The molecule has 0 bridgehead atoms. The van der Waals surface area contributed by atoms with Crippen molar-refractivity contribution in [1.29, 1.82) is 0 Å². The van der Waals surface area contributed by atoms with E-state index in [1.54, 1.807) is 6.07 Å². The molecule has 21 heavy (non-hydrogen) atoms. The highest BCUT2D eigenvalue weighted by Gasteiger charge is 2.40. The highest BCUT2D eigenvalue weighted by Crippen LogP contribution is 2.35. The largest absolute Gasteiger partial charge is 0.481 e. The number of hydrogen-bond acceptors (Lipinski definition) is 3. The first-order valence-corrected chi connectivity index (χ1v) is 7.02. The SMILES string of the molecule is Cc1ccc2oc(C(=O)NC3(CC(=O)O)CCC3)cc2c1. The molecule has 0 radical (unpaired) electrons. The van der Waals surface area contributed by atoms with Crippen molar-refractivity contribution in [3.63, 3.8) is 0 Å². The van der Waals surface area contributed by atoms with Gasteiger partial charge in [0.15, 0.2) is 5.76 Å². The van der Waals surface area contributed by atoms with E-state index in [-0.39, 0.29) is 18.1 Å². The van der Waals surface area contributed by atoms with Crippen LogP contribution in [0.25, 0.3) is 11.0 Å². The summed E-state index contributed by atoms with van der Waals surface area (Å²) in [5.41, 5.74) is 1.14. The molecule has 2 N–H and O–H groups in total. The molecule has 0 aliphatic heterocycles. The van der Waals surface area contributed by atoms with E-state index in [1.807, 2.05) is 25.1 Å². The maximum absolute atomic E-state index is 12.3. The summed E-state index contributed by atoms with van der Waals surface area (Å²) in [5.74, 6) is -1.01. The van der Waals surface area contributed by atoms with Crippen LogP contribution in [0.3, 0.4) is 0 Å². The van der Waals surface area contributed by atoms with Crippen LogP contribution in [0.2, 0.25) is 0 Å². The van der Waals surface area contributed by atoms with Crippen LogP contribution in [0.1, 0.15) is 41.8 Å². The molecular weight excluding hydrogens is 270 g/mol. The van der Waals surface area contributed by atoms with E-state index in [0.29, 0.717) is 18.4 Å². The monoisotopic (exact) mass is 287 g/mol. The highest BCUT2D eigenvalue weighted by atomic mass is 16.4. The van der Waals surface area contributed by atoms with Crippen molar-refractivity contribution in [3.05, 3.63) is 35.6 Å². The Morgan fingerprint density at radius 3 is 2.71 bits per heavy atom. The fourth-order valence-electron chi connectivity index (χ4n) is 2.82. The van der Waals surface area contributed by atoms with Gasteiger partial charge in [-0.25, -0.2) is 0 Å². The first-order chi connectivity index (χ1) is 9.97. The van der Waals surface area contributed by atoms with E-state index in [9.17, 15) is 9.59 Å². The molecule has 110 valence electrons. The van der Waals surface area contributed by atoms with Gasteiger partial charge >= 0.3 is 5.97 Å². The van der Waals surface area contributed by atoms with Crippen molar-refractivity contribution in [2.24, 2.45) is 0 Å². The number of carbonyl (C=O) groups is 2. The first kappa shape index (κ1) is 13.7. The van der Waals surface area contributed by atoms with E-state index in [4.69, 9.17) is 9.52 Å². The Morgan fingerprint density at radius 1 is 1.33 bits per heavy atom. The molecule has 3 rings (SSSR count). The van der Waals surface area contributed by atoms with Crippen LogP contribution >= 0.6 is 0 Å². The second-order valence-corrected chi connectivity index (χ2v) is 5.81. The van der Waals surface area contributed by atoms with E-state index < -0.39 is 11.5 Å². The van der Waals surface area contributed by atoms with Crippen molar-refractivity contribution < 1.29 is 19.1 Å². The number of furan rings is 1. The lowest BCUT2D eigenvalue weighted by molar-refractivity contribution is -0.139. The third kappa shape index (κ3) is 2.63. The van der Waals surface area contributed by atoms with Gasteiger partial charge in [-0.1, -0.05) is 11.6 Å². The van der Waals surface area contributed by atoms with Crippen LogP contribution in [0.4, 0.5) is 0 Å². The van der Waals surface area contributed by atoms with Crippen molar-refractivity contribution in [1.82, 2.24) is 5.32 Å². The summed E-state index contributed by atoms with van der Waals surface area (Å²) in [6, 6.07) is 7.40. The van der Waals surface area contributed by atoms with Gasteiger partial charge < -0.3 is 14.8 Å². The number of carboxylic acids is 1. The summed E-state index contributed by atoms with van der Waals surface area (Å²) >= 11 is 0. The zero-order chi connectivity index (χ0) is 15.0. The molecule has 1 amide bonds. The average Bonchev–Trinajstić information content (AvgIpc) is 2.78. The molecule has 0 spiro atoms. The molecule has 1 saturated carbocycles. The number of aryl methyl sites for hydroxylation is 1. The summed E-state index contributed by atoms with van der Waals surface area (Å²) in [6.07, 6.45) is 2.29.